The van der Waals surface area contributed by atoms with Crippen LogP contribution in [0.5, 0.6) is 11.5 Å². The van der Waals surface area contributed by atoms with E-state index in [4.69, 9.17) is 9.47 Å². The molecule has 0 atom stereocenters. The largest absolute Gasteiger partial charge is 0.491 e. The van der Waals surface area contributed by atoms with E-state index in [-0.39, 0.29) is 6.10 Å². The predicted molar refractivity (Wildman–Crippen MR) is 91.4 cm³/mol. The summed E-state index contributed by atoms with van der Waals surface area (Å²) in [5.74, 6) is 1.29. The Morgan fingerprint density at radius 3 is 2.79 bits per heavy atom. The number of aromatic nitrogens is 2. The van der Waals surface area contributed by atoms with E-state index in [0.717, 1.165) is 18.4 Å². The van der Waals surface area contributed by atoms with Crippen molar-refractivity contribution in [3.8, 4) is 17.6 Å². The third kappa shape index (κ3) is 3.72. The number of pyridine rings is 2. The highest BCUT2D eigenvalue weighted by Gasteiger charge is 2.19. The standard InChI is InChI=1S/C19H19N3O2/c1-23-19-13-22-16(10-18(19)24-17-6-2-3-7-17)9-15(11-20)14-5-4-8-21-12-14/h4-5,8-10,12-13,17H,2-3,6-7H2,1H3. The summed E-state index contributed by atoms with van der Waals surface area (Å²) < 4.78 is 11.4. The fourth-order valence-electron chi connectivity index (χ4n) is 2.80. The minimum atomic E-state index is 0.229. The number of nitriles is 1. The van der Waals surface area contributed by atoms with Crippen LogP contribution in [-0.2, 0) is 0 Å². The van der Waals surface area contributed by atoms with Crippen LogP contribution in [0.15, 0.2) is 36.8 Å². The molecule has 2 aromatic heterocycles. The fraction of sp³-hybridized carbons (Fsp3) is 0.316. The molecule has 1 aliphatic rings. The number of methoxy groups -OCH3 is 1. The Morgan fingerprint density at radius 2 is 2.12 bits per heavy atom. The van der Waals surface area contributed by atoms with Crippen LogP contribution in [0.1, 0.15) is 36.9 Å². The van der Waals surface area contributed by atoms with Crippen LogP contribution in [0, 0.1) is 11.3 Å². The van der Waals surface area contributed by atoms with E-state index in [2.05, 4.69) is 16.0 Å². The molecule has 0 amide bonds. The van der Waals surface area contributed by atoms with E-state index in [1.165, 1.54) is 12.8 Å². The summed E-state index contributed by atoms with van der Waals surface area (Å²) >= 11 is 0. The van der Waals surface area contributed by atoms with Gasteiger partial charge >= 0.3 is 0 Å². The Kier molecular flexibility index (Phi) is 5.07. The summed E-state index contributed by atoms with van der Waals surface area (Å²) in [5.41, 5.74) is 1.92. The number of rotatable bonds is 5. The van der Waals surface area contributed by atoms with Crippen LogP contribution in [0.4, 0.5) is 0 Å². The van der Waals surface area contributed by atoms with E-state index in [1.807, 2.05) is 12.1 Å². The molecule has 0 radical (unpaired) electrons. The second kappa shape index (κ2) is 7.60. The molecule has 0 spiro atoms. The van der Waals surface area contributed by atoms with Gasteiger partial charge in [0.15, 0.2) is 11.5 Å². The topological polar surface area (TPSA) is 68.0 Å². The van der Waals surface area contributed by atoms with Crippen molar-refractivity contribution in [1.29, 1.82) is 5.26 Å². The van der Waals surface area contributed by atoms with Gasteiger partial charge in [0.25, 0.3) is 0 Å². The van der Waals surface area contributed by atoms with Gasteiger partial charge in [0.2, 0.25) is 0 Å². The molecule has 122 valence electrons. The molecule has 5 nitrogen and oxygen atoms in total. The Bertz CT molecular complexity index is 760. The lowest BCUT2D eigenvalue weighted by atomic mass is 10.1. The Hall–Kier alpha value is -2.87. The highest BCUT2D eigenvalue weighted by atomic mass is 16.5. The van der Waals surface area contributed by atoms with Crippen molar-refractivity contribution in [2.75, 3.05) is 7.11 Å². The van der Waals surface area contributed by atoms with Gasteiger partial charge in [0, 0.05) is 24.0 Å². The lowest BCUT2D eigenvalue weighted by molar-refractivity contribution is 0.200. The Balaban J connectivity index is 1.90. The highest BCUT2D eigenvalue weighted by molar-refractivity contribution is 5.88. The minimum absolute atomic E-state index is 0.229. The molecule has 0 N–H and O–H groups in total. The van der Waals surface area contributed by atoms with E-state index < -0.39 is 0 Å². The quantitative estimate of drug-likeness (QED) is 0.782. The van der Waals surface area contributed by atoms with E-state index in [0.29, 0.717) is 22.8 Å². The van der Waals surface area contributed by atoms with Gasteiger partial charge in [-0.05, 0) is 37.8 Å². The summed E-state index contributed by atoms with van der Waals surface area (Å²) in [6, 6.07) is 7.67. The molecule has 5 heteroatoms. The molecule has 1 aliphatic carbocycles. The van der Waals surface area contributed by atoms with Gasteiger partial charge in [-0.3, -0.25) is 9.97 Å². The summed E-state index contributed by atoms with van der Waals surface area (Å²) in [7, 11) is 1.60. The van der Waals surface area contributed by atoms with Crippen molar-refractivity contribution in [2.45, 2.75) is 31.8 Å². The molecule has 0 aliphatic heterocycles. The number of nitrogens with zero attached hydrogens (tertiary/aromatic N) is 3. The lowest BCUT2D eigenvalue weighted by Gasteiger charge is -2.16. The third-order valence-corrected chi connectivity index (χ3v) is 4.05. The molecule has 0 aromatic carbocycles. The van der Waals surface area contributed by atoms with Crippen molar-refractivity contribution >= 4 is 11.6 Å². The summed E-state index contributed by atoms with van der Waals surface area (Å²) in [6.45, 7) is 0. The summed E-state index contributed by atoms with van der Waals surface area (Å²) in [4.78, 5) is 8.40. The first-order chi connectivity index (χ1) is 11.8. The second-order valence-corrected chi connectivity index (χ2v) is 5.70. The van der Waals surface area contributed by atoms with Gasteiger partial charge in [-0.2, -0.15) is 5.26 Å². The van der Waals surface area contributed by atoms with Crippen molar-refractivity contribution in [3.05, 3.63) is 48.0 Å². The molecule has 0 unspecified atom stereocenters. The maximum Gasteiger partial charge on any atom is 0.179 e. The van der Waals surface area contributed by atoms with Gasteiger partial charge in [-0.25, -0.2) is 0 Å². The SMILES string of the molecule is COc1cnc(C=C(C#N)c2cccnc2)cc1OC1CCCC1. The first kappa shape index (κ1) is 16.0. The van der Waals surface area contributed by atoms with Crippen molar-refractivity contribution in [3.63, 3.8) is 0 Å². The molecule has 1 saturated carbocycles. The number of ether oxygens (including phenoxy) is 2. The van der Waals surface area contributed by atoms with Crippen LogP contribution < -0.4 is 9.47 Å². The normalized spacial score (nSPS) is 15.1. The van der Waals surface area contributed by atoms with Crippen molar-refractivity contribution in [2.24, 2.45) is 0 Å². The number of hydrogen-bond donors (Lipinski definition) is 0. The average Bonchev–Trinajstić information content (AvgIpc) is 3.14. The molecular formula is C19H19N3O2. The summed E-state index contributed by atoms with van der Waals surface area (Å²) in [6.07, 6.45) is 11.5. The van der Waals surface area contributed by atoms with Crippen molar-refractivity contribution in [1.82, 2.24) is 9.97 Å². The van der Waals surface area contributed by atoms with Crippen LogP contribution >= 0.6 is 0 Å². The van der Waals surface area contributed by atoms with Gasteiger partial charge in [0.1, 0.15) is 0 Å². The highest BCUT2D eigenvalue weighted by Crippen LogP contribution is 2.32. The zero-order chi connectivity index (χ0) is 16.8. The predicted octanol–water partition coefficient (Wildman–Crippen LogP) is 3.87. The van der Waals surface area contributed by atoms with E-state index in [1.54, 1.807) is 37.8 Å². The Morgan fingerprint density at radius 1 is 1.29 bits per heavy atom. The zero-order valence-electron chi connectivity index (χ0n) is 13.6. The molecule has 2 aromatic rings. The van der Waals surface area contributed by atoms with E-state index in [9.17, 15) is 5.26 Å². The molecular weight excluding hydrogens is 302 g/mol. The Labute approximate surface area is 141 Å². The van der Waals surface area contributed by atoms with Gasteiger partial charge in [0.05, 0.1) is 36.7 Å². The van der Waals surface area contributed by atoms with Crippen LogP contribution in [-0.4, -0.2) is 23.2 Å². The van der Waals surface area contributed by atoms with Crippen LogP contribution in [0.3, 0.4) is 0 Å². The third-order valence-electron chi connectivity index (χ3n) is 4.05. The monoisotopic (exact) mass is 321 g/mol. The maximum atomic E-state index is 9.41. The first-order valence-corrected chi connectivity index (χ1v) is 8.03. The molecule has 3 rings (SSSR count). The molecule has 0 saturated heterocycles. The van der Waals surface area contributed by atoms with Gasteiger partial charge < -0.3 is 9.47 Å². The fourth-order valence-corrected chi connectivity index (χ4v) is 2.80. The van der Waals surface area contributed by atoms with Crippen molar-refractivity contribution < 1.29 is 9.47 Å². The minimum Gasteiger partial charge on any atom is -0.491 e. The maximum absolute atomic E-state index is 9.41. The lowest BCUT2D eigenvalue weighted by Crippen LogP contribution is -2.11. The molecule has 0 bridgehead atoms. The smallest absolute Gasteiger partial charge is 0.179 e. The summed E-state index contributed by atoms with van der Waals surface area (Å²) in [5, 5.41) is 9.41. The van der Waals surface area contributed by atoms with Crippen LogP contribution in [0.25, 0.3) is 11.6 Å². The average molecular weight is 321 g/mol. The van der Waals surface area contributed by atoms with Gasteiger partial charge in [-0.1, -0.05) is 6.07 Å². The first-order valence-electron chi connectivity index (χ1n) is 8.03. The number of hydrogen-bond acceptors (Lipinski definition) is 5. The van der Waals surface area contributed by atoms with Gasteiger partial charge in [-0.15, -0.1) is 0 Å². The molecule has 24 heavy (non-hydrogen) atoms. The van der Waals surface area contributed by atoms with Crippen LogP contribution in [0.2, 0.25) is 0 Å². The second-order valence-electron chi connectivity index (χ2n) is 5.70. The number of allylic oxidation sites excluding steroid dienone is 1. The van der Waals surface area contributed by atoms with E-state index >= 15 is 0 Å². The molecule has 1 fully saturated rings. The molecule has 2 heterocycles. The zero-order valence-corrected chi connectivity index (χ0v) is 13.6.